The van der Waals surface area contributed by atoms with Gasteiger partial charge in [-0.2, -0.15) is 0 Å². The fourth-order valence-electron chi connectivity index (χ4n) is 3.71. The van der Waals surface area contributed by atoms with Crippen molar-refractivity contribution >= 4 is 23.2 Å². The Balaban J connectivity index is 1.88. The fraction of sp³-hybridized carbons (Fsp3) is 0.200. The Bertz CT molecular complexity index is 927. The summed E-state index contributed by atoms with van der Waals surface area (Å²) in [6, 6.07) is 16.5. The van der Waals surface area contributed by atoms with Crippen LogP contribution in [0.2, 0.25) is 0 Å². The third-order valence-electron chi connectivity index (χ3n) is 4.93. The second kappa shape index (κ2) is 6.68. The number of fused-ring (bicyclic) bond motifs is 1. The van der Waals surface area contributed by atoms with Gasteiger partial charge in [0.1, 0.15) is 5.92 Å². The summed E-state index contributed by atoms with van der Waals surface area (Å²) in [5, 5.41) is 14.1. The highest BCUT2D eigenvalue weighted by atomic mass is 16.6. The van der Waals surface area contributed by atoms with E-state index in [1.807, 2.05) is 6.07 Å². The molecule has 2 atom stereocenters. The van der Waals surface area contributed by atoms with Crippen LogP contribution in [0.1, 0.15) is 12.8 Å². The van der Waals surface area contributed by atoms with Gasteiger partial charge < -0.3 is 0 Å². The van der Waals surface area contributed by atoms with E-state index in [-0.39, 0.29) is 12.0 Å². The van der Waals surface area contributed by atoms with E-state index in [2.05, 4.69) is 0 Å². The lowest BCUT2D eigenvalue weighted by atomic mass is 9.80. The molecule has 1 saturated heterocycles. The summed E-state index contributed by atoms with van der Waals surface area (Å²) in [7, 11) is 0. The van der Waals surface area contributed by atoms with Crippen LogP contribution in [0.4, 0.5) is 11.4 Å². The third kappa shape index (κ3) is 2.77. The van der Waals surface area contributed by atoms with Gasteiger partial charge in [0.25, 0.3) is 11.8 Å². The number of carbonyl (C=O) groups excluding carboxylic acids is 2. The van der Waals surface area contributed by atoms with Crippen molar-refractivity contribution in [1.29, 1.82) is 0 Å². The Morgan fingerprint density at radius 1 is 0.889 bits per heavy atom. The first-order chi connectivity index (χ1) is 13.1. The molecular formula is C20H17N3O4. The number of nitrogens with zero attached hydrogens (tertiary/aromatic N) is 3. The first-order valence-corrected chi connectivity index (χ1v) is 8.71. The summed E-state index contributed by atoms with van der Waals surface area (Å²) >= 11 is 0. The molecule has 136 valence electrons. The average Bonchev–Trinajstić information content (AvgIpc) is 2.71. The molecule has 1 aliphatic heterocycles. The van der Waals surface area contributed by atoms with Gasteiger partial charge in [-0.25, -0.2) is 10.0 Å². The van der Waals surface area contributed by atoms with Crippen LogP contribution in [-0.4, -0.2) is 22.8 Å². The average molecular weight is 363 g/mol. The van der Waals surface area contributed by atoms with E-state index < -0.39 is 28.7 Å². The maximum atomic E-state index is 13.4. The van der Waals surface area contributed by atoms with Crippen molar-refractivity contribution in [1.82, 2.24) is 0 Å². The molecule has 1 heterocycles. The van der Waals surface area contributed by atoms with Gasteiger partial charge in [-0.3, -0.25) is 19.7 Å². The van der Waals surface area contributed by atoms with Gasteiger partial charge in [0.05, 0.1) is 11.4 Å². The van der Waals surface area contributed by atoms with Gasteiger partial charge in [-0.1, -0.05) is 42.5 Å². The van der Waals surface area contributed by atoms with Crippen LogP contribution in [-0.2, 0) is 9.59 Å². The van der Waals surface area contributed by atoms with Crippen LogP contribution >= 0.6 is 0 Å². The van der Waals surface area contributed by atoms with E-state index in [1.165, 1.54) is 10.0 Å². The molecule has 0 saturated carbocycles. The van der Waals surface area contributed by atoms with Gasteiger partial charge in [-0.15, -0.1) is 0 Å². The number of nitro groups is 1. The zero-order valence-electron chi connectivity index (χ0n) is 14.4. The lowest BCUT2D eigenvalue weighted by molar-refractivity contribution is -0.528. The molecule has 2 aromatic rings. The van der Waals surface area contributed by atoms with E-state index >= 15 is 0 Å². The molecule has 27 heavy (non-hydrogen) atoms. The minimum atomic E-state index is -1.09. The summed E-state index contributed by atoms with van der Waals surface area (Å²) in [5.74, 6) is -1.93. The molecule has 2 unspecified atom stereocenters. The van der Waals surface area contributed by atoms with Crippen LogP contribution in [0.5, 0.6) is 0 Å². The van der Waals surface area contributed by atoms with E-state index in [0.29, 0.717) is 17.8 Å². The molecule has 0 spiro atoms. The molecule has 2 amide bonds. The Kier molecular flexibility index (Phi) is 4.19. The van der Waals surface area contributed by atoms with Crippen LogP contribution in [0.25, 0.3) is 0 Å². The minimum absolute atomic E-state index is 0.212. The molecule has 2 aromatic carbocycles. The molecule has 1 fully saturated rings. The number of hydrazine groups is 1. The molecule has 2 aliphatic rings. The van der Waals surface area contributed by atoms with Crippen molar-refractivity contribution < 1.29 is 14.5 Å². The number of para-hydroxylation sites is 2. The van der Waals surface area contributed by atoms with E-state index in [1.54, 1.807) is 60.7 Å². The second-order valence-electron chi connectivity index (χ2n) is 6.51. The summed E-state index contributed by atoms with van der Waals surface area (Å²) in [4.78, 5) is 37.8. The van der Waals surface area contributed by atoms with Crippen molar-refractivity contribution in [2.45, 2.75) is 18.9 Å². The highest BCUT2D eigenvalue weighted by molar-refractivity contribution is 6.20. The lowest BCUT2D eigenvalue weighted by Gasteiger charge is -2.43. The molecule has 0 radical (unpaired) electrons. The Labute approximate surface area is 155 Å². The molecule has 1 aliphatic carbocycles. The topological polar surface area (TPSA) is 83.8 Å². The molecule has 0 bridgehead atoms. The predicted molar refractivity (Wildman–Crippen MR) is 99.4 cm³/mol. The number of amides is 2. The number of allylic oxidation sites excluding steroid dienone is 1. The van der Waals surface area contributed by atoms with Crippen molar-refractivity contribution in [2.24, 2.45) is 5.92 Å². The van der Waals surface area contributed by atoms with Crippen LogP contribution in [0.3, 0.4) is 0 Å². The number of benzene rings is 2. The SMILES string of the molecule is O=C1C2=CCCC([N+](=O)[O-])C2C(=O)N(c2ccccc2)N1c1ccccc1. The molecule has 0 aromatic heterocycles. The number of hydrogen-bond acceptors (Lipinski definition) is 4. The number of carbonyl (C=O) groups is 2. The lowest BCUT2D eigenvalue weighted by Crippen LogP contribution is -2.62. The van der Waals surface area contributed by atoms with E-state index in [0.717, 1.165) is 0 Å². The third-order valence-corrected chi connectivity index (χ3v) is 4.93. The van der Waals surface area contributed by atoms with Crippen LogP contribution < -0.4 is 10.0 Å². The summed E-state index contributed by atoms with van der Waals surface area (Å²) in [6.45, 7) is 0. The Morgan fingerprint density at radius 3 is 2.00 bits per heavy atom. The Morgan fingerprint density at radius 2 is 1.44 bits per heavy atom. The molecular weight excluding hydrogens is 346 g/mol. The van der Waals surface area contributed by atoms with E-state index in [4.69, 9.17) is 0 Å². The van der Waals surface area contributed by atoms with Crippen molar-refractivity contribution in [3.8, 4) is 0 Å². The highest BCUT2D eigenvalue weighted by Crippen LogP contribution is 2.38. The number of hydrogen-bond donors (Lipinski definition) is 0. The zero-order chi connectivity index (χ0) is 19.0. The number of anilines is 2. The minimum Gasteiger partial charge on any atom is -0.272 e. The summed E-state index contributed by atoms with van der Waals surface area (Å²) in [6.07, 6.45) is 2.32. The first kappa shape index (κ1) is 17.0. The summed E-state index contributed by atoms with van der Waals surface area (Å²) in [5.41, 5.74) is 1.23. The quantitative estimate of drug-likeness (QED) is 0.620. The second-order valence-corrected chi connectivity index (χ2v) is 6.51. The molecule has 7 nitrogen and oxygen atoms in total. The predicted octanol–water partition coefficient (Wildman–Crippen LogP) is 2.96. The highest BCUT2D eigenvalue weighted by Gasteiger charge is 2.52. The first-order valence-electron chi connectivity index (χ1n) is 8.71. The van der Waals surface area contributed by atoms with E-state index in [9.17, 15) is 19.7 Å². The number of rotatable bonds is 3. The van der Waals surface area contributed by atoms with Crippen molar-refractivity contribution in [3.05, 3.63) is 82.4 Å². The van der Waals surface area contributed by atoms with Crippen LogP contribution in [0, 0.1) is 16.0 Å². The Hall–Kier alpha value is -3.48. The van der Waals surface area contributed by atoms with Gasteiger partial charge in [0, 0.05) is 16.9 Å². The maximum Gasteiger partial charge on any atom is 0.274 e. The standard InChI is InChI=1S/C20H17N3O4/c24-19-16-12-7-13-17(23(26)27)18(16)20(25)22(15-10-5-2-6-11-15)21(19)14-8-3-1-4-9-14/h1-6,8-12,17-18H,7,13H2. The van der Waals surface area contributed by atoms with Gasteiger partial charge in [-0.05, 0) is 30.7 Å². The fourth-order valence-corrected chi connectivity index (χ4v) is 3.71. The molecule has 7 heteroatoms. The van der Waals surface area contributed by atoms with Crippen molar-refractivity contribution in [3.63, 3.8) is 0 Å². The van der Waals surface area contributed by atoms with Crippen molar-refractivity contribution in [2.75, 3.05) is 10.0 Å². The smallest absolute Gasteiger partial charge is 0.272 e. The maximum absolute atomic E-state index is 13.4. The van der Waals surface area contributed by atoms with Gasteiger partial charge >= 0.3 is 0 Å². The van der Waals surface area contributed by atoms with Crippen LogP contribution in [0.15, 0.2) is 72.3 Å². The van der Waals surface area contributed by atoms with Gasteiger partial charge in [0.15, 0.2) is 0 Å². The summed E-state index contributed by atoms with van der Waals surface area (Å²) < 4.78 is 0. The largest absolute Gasteiger partial charge is 0.274 e. The normalized spacial score (nSPS) is 22.3. The monoisotopic (exact) mass is 363 g/mol. The molecule has 0 N–H and O–H groups in total. The zero-order valence-corrected chi connectivity index (χ0v) is 14.4. The van der Waals surface area contributed by atoms with Gasteiger partial charge in [0.2, 0.25) is 6.04 Å². The molecule has 4 rings (SSSR count).